The molecule has 0 bridgehead atoms. The van der Waals surface area contributed by atoms with Crippen LogP contribution in [-0.2, 0) is 12.7 Å². The Balaban J connectivity index is 1.72. The van der Waals surface area contributed by atoms with E-state index in [2.05, 4.69) is 34.0 Å². The maximum atomic E-state index is 12.8. The molecule has 1 amide bonds. The Kier molecular flexibility index (Phi) is 7.23. The topological polar surface area (TPSA) is 58.1 Å². The molecule has 5 nitrogen and oxygen atoms in total. The number of alkyl halides is 3. The lowest BCUT2D eigenvalue weighted by Crippen LogP contribution is -2.28. The molecule has 1 N–H and O–H groups in total. The average molecular weight is 439 g/mol. The molecule has 162 valence electrons. The largest absolute Gasteiger partial charge is 0.416 e. The maximum absolute atomic E-state index is 12.8. The summed E-state index contributed by atoms with van der Waals surface area (Å²) in [6, 6.07) is 4.77. The summed E-state index contributed by atoms with van der Waals surface area (Å²) in [5, 5.41) is 3.42. The van der Waals surface area contributed by atoms with Crippen molar-refractivity contribution in [2.45, 2.75) is 44.6 Å². The standard InChI is InChI=1S/C21H25F3N4OS/c1-14(2)13-30-20-26-12-17(18(27-20)28-9-3-4-10-28)19(29)25-11-15-5-7-16(8-6-15)21(22,23)24/h5-8,12,14H,3-4,9-11,13H2,1-2H3,(H,25,29). The van der Waals surface area contributed by atoms with Crippen molar-refractivity contribution < 1.29 is 18.0 Å². The molecule has 1 aromatic heterocycles. The van der Waals surface area contributed by atoms with E-state index < -0.39 is 11.7 Å². The summed E-state index contributed by atoms with van der Waals surface area (Å²) in [4.78, 5) is 23.9. The highest BCUT2D eigenvalue weighted by Gasteiger charge is 2.30. The second kappa shape index (κ2) is 9.68. The zero-order valence-electron chi connectivity index (χ0n) is 17.0. The lowest BCUT2D eigenvalue weighted by Gasteiger charge is -2.20. The molecule has 0 spiro atoms. The zero-order valence-corrected chi connectivity index (χ0v) is 17.8. The summed E-state index contributed by atoms with van der Waals surface area (Å²) in [5.74, 6) is 1.68. The van der Waals surface area contributed by atoms with Gasteiger partial charge >= 0.3 is 6.18 Å². The molecule has 1 aliphatic rings. The van der Waals surface area contributed by atoms with Crippen molar-refractivity contribution >= 4 is 23.5 Å². The molecule has 2 aromatic rings. The Morgan fingerprint density at radius 1 is 1.20 bits per heavy atom. The van der Waals surface area contributed by atoms with Gasteiger partial charge in [-0.15, -0.1) is 0 Å². The van der Waals surface area contributed by atoms with Crippen LogP contribution in [0.2, 0.25) is 0 Å². The number of carbonyl (C=O) groups is 1. The minimum Gasteiger partial charge on any atom is -0.356 e. The highest BCUT2D eigenvalue weighted by Crippen LogP contribution is 2.29. The summed E-state index contributed by atoms with van der Waals surface area (Å²) in [6.07, 6.45) is -0.735. The van der Waals surface area contributed by atoms with Crippen LogP contribution in [0.4, 0.5) is 19.0 Å². The first-order chi connectivity index (χ1) is 14.2. The van der Waals surface area contributed by atoms with Crippen LogP contribution in [0.25, 0.3) is 0 Å². The Hall–Kier alpha value is -2.29. The van der Waals surface area contributed by atoms with Crippen LogP contribution in [0.15, 0.2) is 35.6 Å². The third-order valence-corrected chi connectivity index (χ3v) is 5.97. The molecule has 9 heteroatoms. The fourth-order valence-electron chi connectivity index (χ4n) is 3.09. The summed E-state index contributed by atoms with van der Waals surface area (Å²) in [7, 11) is 0. The fourth-order valence-corrected chi connectivity index (χ4v) is 3.85. The normalized spacial score (nSPS) is 14.4. The van der Waals surface area contributed by atoms with Gasteiger partial charge in [0.05, 0.1) is 5.56 Å². The van der Waals surface area contributed by atoms with Crippen molar-refractivity contribution in [2.24, 2.45) is 5.92 Å². The van der Waals surface area contributed by atoms with E-state index in [0.29, 0.717) is 28.0 Å². The first kappa shape index (κ1) is 22.4. The molecule has 30 heavy (non-hydrogen) atoms. The summed E-state index contributed by atoms with van der Waals surface area (Å²) in [6.45, 7) is 6.05. The zero-order chi connectivity index (χ0) is 21.7. The van der Waals surface area contributed by atoms with Crippen molar-refractivity contribution in [2.75, 3.05) is 23.7 Å². The van der Waals surface area contributed by atoms with Gasteiger partial charge in [0.1, 0.15) is 11.4 Å². The van der Waals surface area contributed by atoms with E-state index >= 15 is 0 Å². The summed E-state index contributed by atoms with van der Waals surface area (Å²) >= 11 is 1.56. The van der Waals surface area contributed by atoms with E-state index in [9.17, 15) is 18.0 Å². The molecule has 1 aromatic carbocycles. The lowest BCUT2D eigenvalue weighted by molar-refractivity contribution is -0.137. The average Bonchev–Trinajstić information content (AvgIpc) is 3.24. The fraction of sp³-hybridized carbons (Fsp3) is 0.476. The van der Waals surface area contributed by atoms with Gasteiger partial charge in [0.25, 0.3) is 5.91 Å². The number of nitrogens with one attached hydrogen (secondary N) is 1. The number of thioether (sulfide) groups is 1. The number of nitrogens with zero attached hydrogens (tertiary/aromatic N) is 3. The molecule has 0 atom stereocenters. The Labute approximate surface area is 178 Å². The smallest absolute Gasteiger partial charge is 0.356 e. The van der Waals surface area contributed by atoms with Gasteiger partial charge in [-0.3, -0.25) is 4.79 Å². The summed E-state index contributed by atoms with van der Waals surface area (Å²) in [5.41, 5.74) is 0.263. The van der Waals surface area contributed by atoms with Gasteiger partial charge in [-0.2, -0.15) is 13.2 Å². The molecular weight excluding hydrogens is 413 g/mol. The number of hydrogen-bond donors (Lipinski definition) is 1. The van der Waals surface area contributed by atoms with E-state index in [1.807, 2.05) is 0 Å². The quantitative estimate of drug-likeness (QED) is 0.498. The molecule has 0 saturated carbocycles. The first-order valence-electron chi connectivity index (χ1n) is 9.93. The van der Waals surface area contributed by atoms with E-state index in [0.717, 1.165) is 43.8 Å². The number of amides is 1. The highest BCUT2D eigenvalue weighted by molar-refractivity contribution is 7.99. The number of anilines is 1. The van der Waals surface area contributed by atoms with Crippen molar-refractivity contribution in [3.8, 4) is 0 Å². The molecular formula is C21H25F3N4OS. The van der Waals surface area contributed by atoms with Crippen LogP contribution in [-0.4, -0.2) is 34.7 Å². The van der Waals surface area contributed by atoms with Gasteiger partial charge in [-0.1, -0.05) is 37.7 Å². The Bertz CT molecular complexity index is 866. The summed E-state index contributed by atoms with van der Waals surface area (Å²) < 4.78 is 38.1. The molecule has 0 aliphatic carbocycles. The van der Waals surface area contributed by atoms with Gasteiger partial charge in [0, 0.05) is 31.6 Å². The SMILES string of the molecule is CC(C)CSc1ncc(C(=O)NCc2ccc(C(F)(F)F)cc2)c(N2CCCC2)n1. The molecule has 0 unspecified atom stereocenters. The monoisotopic (exact) mass is 438 g/mol. The number of benzene rings is 1. The predicted octanol–water partition coefficient (Wildman–Crippen LogP) is 4.77. The highest BCUT2D eigenvalue weighted by atomic mass is 32.2. The van der Waals surface area contributed by atoms with Crippen LogP contribution in [0.1, 0.15) is 48.2 Å². The van der Waals surface area contributed by atoms with Gasteiger partial charge in [0.2, 0.25) is 0 Å². The van der Waals surface area contributed by atoms with Gasteiger partial charge < -0.3 is 10.2 Å². The van der Waals surface area contributed by atoms with Crippen molar-refractivity contribution in [3.63, 3.8) is 0 Å². The number of aromatic nitrogens is 2. The lowest BCUT2D eigenvalue weighted by atomic mass is 10.1. The van der Waals surface area contributed by atoms with Crippen LogP contribution in [0.5, 0.6) is 0 Å². The van der Waals surface area contributed by atoms with Gasteiger partial charge in [0.15, 0.2) is 5.16 Å². The molecule has 1 fully saturated rings. The van der Waals surface area contributed by atoms with E-state index in [4.69, 9.17) is 0 Å². The van der Waals surface area contributed by atoms with Crippen molar-refractivity contribution in [3.05, 3.63) is 47.2 Å². The minimum absolute atomic E-state index is 0.125. The molecule has 1 saturated heterocycles. The molecule has 3 rings (SSSR count). The molecule has 2 heterocycles. The van der Waals surface area contributed by atoms with Crippen LogP contribution in [0, 0.1) is 5.92 Å². The number of halogens is 3. The third kappa shape index (κ3) is 5.87. The Morgan fingerprint density at radius 3 is 2.47 bits per heavy atom. The molecule has 0 radical (unpaired) electrons. The van der Waals surface area contributed by atoms with E-state index in [-0.39, 0.29) is 12.5 Å². The predicted molar refractivity (Wildman–Crippen MR) is 112 cm³/mol. The van der Waals surface area contributed by atoms with E-state index in [1.165, 1.54) is 12.1 Å². The second-order valence-corrected chi connectivity index (χ2v) is 8.65. The first-order valence-corrected chi connectivity index (χ1v) is 10.9. The molecule has 1 aliphatic heterocycles. The minimum atomic E-state index is -4.38. The maximum Gasteiger partial charge on any atom is 0.416 e. The van der Waals surface area contributed by atoms with Crippen LogP contribution >= 0.6 is 11.8 Å². The number of carbonyl (C=O) groups excluding carboxylic acids is 1. The number of rotatable bonds is 7. The van der Waals surface area contributed by atoms with E-state index in [1.54, 1.807) is 18.0 Å². The van der Waals surface area contributed by atoms with Crippen molar-refractivity contribution in [1.29, 1.82) is 0 Å². The number of hydrogen-bond acceptors (Lipinski definition) is 5. The van der Waals surface area contributed by atoms with Crippen LogP contribution in [0.3, 0.4) is 0 Å². The van der Waals surface area contributed by atoms with Gasteiger partial charge in [-0.05, 0) is 36.5 Å². The van der Waals surface area contributed by atoms with Crippen molar-refractivity contribution in [1.82, 2.24) is 15.3 Å². The Morgan fingerprint density at radius 2 is 1.87 bits per heavy atom. The second-order valence-electron chi connectivity index (χ2n) is 7.67. The third-order valence-electron chi connectivity index (χ3n) is 4.68. The van der Waals surface area contributed by atoms with Gasteiger partial charge in [-0.25, -0.2) is 9.97 Å². The van der Waals surface area contributed by atoms with Crippen LogP contribution < -0.4 is 10.2 Å².